The number of oxazole rings is 1. The Bertz CT molecular complexity index is 1400. The van der Waals surface area contributed by atoms with Gasteiger partial charge in [0.2, 0.25) is 0 Å². The van der Waals surface area contributed by atoms with Crippen LogP contribution in [0.1, 0.15) is 16.2 Å². The van der Waals surface area contributed by atoms with Gasteiger partial charge in [-0.25, -0.2) is 13.4 Å². The van der Waals surface area contributed by atoms with E-state index in [0.29, 0.717) is 28.4 Å². The van der Waals surface area contributed by atoms with Crippen LogP contribution in [0, 0.1) is 6.92 Å². The van der Waals surface area contributed by atoms with Crippen molar-refractivity contribution < 1.29 is 17.6 Å². The molecule has 8 heteroatoms. The summed E-state index contributed by atoms with van der Waals surface area (Å²) >= 11 is 0. The van der Waals surface area contributed by atoms with Crippen molar-refractivity contribution in [2.24, 2.45) is 0 Å². The van der Waals surface area contributed by atoms with E-state index in [2.05, 4.69) is 16.9 Å². The summed E-state index contributed by atoms with van der Waals surface area (Å²) in [6.45, 7) is 5.51. The van der Waals surface area contributed by atoms with E-state index in [1.54, 1.807) is 61.5 Å². The lowest BCUT2D eigenvalue weighted by atomic mass is 10.2. The molecule has 0 radical (unpaired) electrons. The number of hydrogen-bond donors (Lipinski definition) is 1. The number of anilines is 2. The number of nitrogens with zero attached hydrogens (tertiary/aromatic N) is 2. The van der Waals surface area contributed by atoms with Crippen LogP contribution in [0.4, 0.5) is 11.4 Å². The SMILES string of the molecule is C=CCN(c1ccccc1)S(=O)(=O)c1cccc(C(=O)Nc2ccc3oc(C)nc3c2)c1. The highest BCUT2D eigenvalue weighted by Gasteiger charge is 2.25. The molecule has 4 rings (SSSR count). The third-order valence-corrected chi connectivity index (χ3v) is 6.57. The lowest BCUT2D eigenvalue weighted by Gasteiger charge is -2.23. The van der Waals surface area contributed by atoms with Crippen molar-refractivity contribution in [3.8, 4) is 0 Å². The smallest absolute Gasteiger partial charge is 0.264 e. The van der Waals surface area contributed by atoms with Crippen LogP contribution in [0.2, 0.25) is 0 Å². The molecular weight excluding hydrogens is 426 g/mol. The number of sulfonamides is 1. The maximum Gasteiger partial charge on any atom is 0.264 e. The second-order valence-electron chi connectivity index (χ2n) is 7.06. The molecule has 162 valence electrons. The molecule has 4 aromatic rings. The van der Waals surface area contributed by atoms with Crippen molar-refractivity contribution in [2.45, 2.75) is 11.8 Å². The standard InChI is InChI=1S/C24H21N3O4S/c1-3-14-27(20-9-5-4-6-10-20)32(29,30)21-11-7-8-18(15-21)24(28)26-19-12-13-23-22(16-19)25-17(2)31-23/h3-13,15-16H,1,14H2,2H3,(H,26,28). The first-order valence-electron chi connectivity index (χ1n) is 9.86. The van der Waals surface area contributed by atoms with E-state index in [1.165, 1.54) is 22.5 Å². The summed E-state index contributed by atoms with van der Waals surface area (Å²) in [4.78, 5) is 17.1. The van der Waals surface area contributed by atoms with Crippen molar-refractivity contribution in [1.82, 2.24) is 4.98 Å². The topological polar surface area (TPSA) is 92.5 Å². The van der Waals surface area contributed by atoms with Crippen LogP contribution in [-0.2, 0) is 10.0 Å². The Kier molecular flexibility index (Phi) is 5.79. The van der Waals surface area contributed by atoms with Crippen LogP contribution >= 0.6 is 0 Å². The minimum Gasteiger partial charge on any atom is -0.441 e. The molecule has 1 heterocycles. The van der Waals surface area contributed by atoms with Crippen molar-refractivity contribution in [3.05, 3.63) is 96.9 Å². The fourth-order valence-electron chi connectivity index (χ4n) is 3.30. The van der Waals surface area contributed by atoms with Crippen LogP contribution in [0.15, 0.2) is 94.8 Å². The summed E-state index contributed by atoms with van der Waals surface area (Å²) in [5, 5.41) is 2.78. The van der Waals surface area contributed by atoms with Gasteiger partial charge in [0.25, 0.3) is 15.9 Å². The van der Waals surface area contributed by atoms with Gasteiger partial charge in [-0.2, -0.15) is 0 Å². The molecule has 32 heavy (non-hydrogen) atoms. The number of carbonyl (C=O) groups is 1. The van der Waals surface area contributed by atoms with Gasteiger partial charge in [0.15, 0.2) is 11.5 Å². The molecule has 0 aliphatic heterocycles. The van der Waals surface area contributed by atoms with Gasteiger partial charge in [-0.05, 0) is 48.5 Å². The number of rotatable bonds is 7. The van der Waals surface area contributed by atoms with Gasteiger partial charge in [0.1, 0.15) is 5.52 Å². The molecule has 0 spiro atoms. The molecule has 7 nitrogen and oxygen atoms in total. The zero-order valence-electron chi connectivity index (χ0n) is 17.4. The molecule has 3 aromatic carbocycles. The highest BCUT2D eigenvalue weighted by molar-refractivity contribution is 7.92. The van der Waals surface area contributed by atoms with Gasteiger partial charge in [0.05, 0.1) is 17.1 Å². The Labute approximate surface area is 186 Å². The van der Waals surface area contributed by atoms with E-state index < -0.39 is 15.9 Å². The monoisotopic (exact) mass is 447 g/mol. The van der Waals surface area contributed by atoms with Crippen LogP contribution in [-0.4, -0.2) is 25.9 Å². The molecule has 1 N–H and O–H groups in total. The molecule has 0 saturated heterocycles. The molecule has 0 aliphatic rings. The van der Waals surface area contributed by atoms with Crippen LogP contribution < -0.4 is 9.62 Å². The van der Waals surface area contributed by atoms with E-state index in [9.17, 15) is 13.2 Å². The average Bonchev–Trinajstić information content (AvgIpc) is 3.17. The highest BCUT2D eigenvalue weighted by Crippen LogP contribution is 2.25. The number of aryl methyl sites for hydroxylation is 1. The lowest BCUT2D eigenvalue weighted by Crippen LogP contribution is -2.31. The maximum absolute atomic E-state index is 13.3. The highest BCUT2D eigenvalue weighted by atomic mass is 32.2. The summed E-state index contributed by atoms with van der Waals surface area (Å²) in [5.74, 6) is 0.0977. The van der Waals surface area contributed by atoms with E-state index in [1.807, 2.05) is 6.07 Å². The summed E-state index contributed by atoms with van der Waals surface area (Å²) in [6, 6.07) is 19.8. The van der Waals surface area contributed by atoms with Gasteiger partial charge < -0.3 is 9.73 Å². The quantitative estimate of drug-likeness (QED) is 0.412. The Balaban J connectivity index is 1.62. The number of hydrogen-bond acceptors (Lipinski definition) is 5. The van der Waals surface area contributed by atoms with Gasteiger partial charge in [-0.1, -0.05) is 30.3 Å². The van der Waals surface area contributed by atoms with E-state index >= 15 is 0 Å². The Morgan fingerprint density at radius 1 is 1.09 bits per heavy atom. The van der Waals surface area contributed by atoms with Gasteiger partial charge in [0, 0.05) is 18.2 Å². The predicted octanol–water partition coefficient (Wildman–Crippen LogP) is 4.77. The molecule has 0 unspecified atom stereocenters. The number of benzene rings is 3. The summed E-state index contributed by atoms with van der Waals surface area (Å²) < 4.78 is 33.4. The zero-order valence-corrected chi connectivity index (χ0v) is 18.2. The zero-order chi connectivity index (χ0) is 22.7. The fourth-order valence-corrected chi connectivity index (χ4v) is 4.78. The predicted molar refractivity (Wildman–Crippen MR) is 124 cm³/mol. The van der Waals surface area contributed by atoms with Gasteiger partial charge >= 0.3 is 0 Å². The maximum atomic E-state index is 13.3. The minimum atomic E-state index is -3.91. The summed E-state index contributed by atoms with van der Waals surface area (Å²) in [5.41, 5.74) is 2.51. The number of carbonyl (C=O) groups excluding carboxylic acids is 1. The number of amides is 1. The third-order valence-electron chi connectivity index (χ3n) is 4.78. The largest absolute Gasteiger partial charge is 0.441 e. The molecular formula is C24H21N3O4S. The first-order chi connectivity index (χ1) is 15.4. The minimum absolute atomic E-state index is 0.0124. The fraction of sp³-hybridized carbons (Fsp3) is 0.0833. The number of aromatic nitrogens is 1. The number of fused-ring (bicyclic) bond motifs is 1. The molecule has 0 saturated carbocycles. The second kappa shape index (κ2) is 8.68. The molecule has 0 atom stereocenters. The Morgan fingerprint density at radius 2 is 1.88 bits per heavy atom. The van der Waals surface area contributed by atoms with E-state index in [0.717, 1.165) is 0 Å². The summed E-state index contributed by atoms with van der Waals surface area (Å²) in [6.07, 6.45) is 1.52. The van der Waals surface area contributed by atoms with Crippen LogP contribution in [0.3, 0.4) is 0 Å². The van der Waals surface area contributed by atoms with Gasteiger partial charge in [-0.3, -0.25) is 9.10 Å². The van der Waals surface area contributed by atoms with E-state index in [4.69, 9.17) is 4.42 Å². The molecule has 0 fully saturated rings. The second-order valence-corrected chi connectivity index (χ2v) is 8.92. The first-order valence-corrected chi connectivity index (χ1v) is 11.3. The van der Waals surface area contributed by atoms with Crippen molar-refractivity contribution >= 4 is 38.4 Å². The first kappa shape index (κ1) is 21.3. The van der Waals surface area contributed by atoms with Crippen molar-refractivity contribution in [3.63, 3.8) is 0 Å². The Morgan fingerprint density at radius 3 is 2.62 bits per heavy atom. The molecule has 0 aliphatic carbocycles. The van der Waals surface area contributed by atoms with Crippen molar-refractivity contribution in [1.29, 1.82) is 0 Å². The summed E-state index contributed by atoms with van der Waals surface area (Å²) in [7, 11) is -3.91. The van der Waals surface area contributed by atoms with Gasteiger partial charge in [-0.15, -0.1) is 6.58 Å². The average molecular weight is 448 g/mol. The molecule has 1 aromatic heterocycles. The lowest BCUT2D eigenvalue weighted by molar-refractivity contribution is 0.102. The van der Waals surface area contributed by atoms with Crippen molar-refractivity contribution in [2.75, 3.05) is 16.2 Å². The number of para-hydroxylation sites is 1. The molecule has 1 amide bonds. The van der Waals surface area contributed by atoms with Crippen LogP contribution in [0.25, 0.3) is 11.1 Å². The third kappa shape index (κ3) is 4.26. The Hall–Kier alpha value is -3.91. The normalized spacial score (nSPS) is 11.3. The van der Waals surface area contributed by atoms with E-state index in [-0.39, 0.29) is 17.0 Å². The van der Waals surface area contributed by atoms with Crippen LogP contribution in [0.5, 0.6) is 0 Å². The molecule has 0 bridgehead atoms. The number of nitrogens with one attached hydrogen (secondary N) is 1.